The predicted molar refractivity (Wildman–Crippen MR) is 74.7 cm³/mol. The van der Waals surface area contributed by atoms with Crippen LogP contribution >= 0.6 is 0 Å². The molecule has 2 rings (SSSR count). The van der Waals surface area contributed by atoms with Crippen molar-refractivity contribution in [1.82, 2.24) is 4.31 Å². The first-order valence-electron chi connectivity index (χ1n) is 6.36. The average molecular weight is 299 g/mol. The smallest absolute Gasteiger partial charge is 0.289 e. The second-order valence-electron chi connectivity index (χ2n) is 5.09. The highest BCUT2D eigenvalue weighted by Crippen LogP contribution is 2.30. The Balaban J connectivity index is 2.48. The van der Waals surface area contributed by atoms with Gasteiger partial charge in [-0.3, -0.25) is 10.1 Å². The van der Waals surface area contributed by atoms with Crippen molar-refractivity contribution in [2.24, 2.45) is 5.92 Å². The fourth-order valence-corrected chi connectivity index (χ4v) is 4.18. The minimum Gasteiger partial charge on any atom is -0.399 e. The molecule has 110 valence electrons. The Labute approximate surface area is 117 Å². The van der Waals surface area contributed by atoms with Crippen LogP contribution in [0.4, 0.5) is 11.4 Å². The fraction of sp³-hybridized carbons (Fsp3) is 0.500. The SMILES string of the molecule is CC1CCCN(S(=O)(=O)c2cc(N)ccc2[N+](=O)[O-])C1. The van der Waals surface area contributed by atoms with Crippen LogP contribution in [0.1, 0.15) is 19.8 Å². The van der Waals surface area contributed by atoms with Crippen LogP contribution < -0.4 is 5.73 Å². The van der Waals surface area contributed by atoms with Gasteiger partial charge in [-0.05, 0) is 30.9 Å². The van der Waals surface area contributed by atoms with Crippen molar-refractivity contribution < 1.29 is 13.3 Å². The van der Waals surface area contributed by atoms with Gasteiger partial charge in [0.05, 0.1) is 4.92 Å². The molecule has 7 nitrogen and oxygen atoms in total. The maximum absolute atomic E-state index is 12.6. The molecule has 0 amide bonds. The second kappa shape index (κ2) is 5.37. The number of nitrogens with two attached hydrogens (primary N) is 1. The molecule has 0 radical (unpaired) electrons. The molecule has 2 N–H and O–H groups in total. The Morgan fingerprint density at radius 2 is 2.15 bits per heavy atom. The lowest BCUT2D eigenvalue weighted by atomic mass is 10.0. The zero-order valence-corrected chi connectivity index (χ0v) is 12.0. The molecule has 0 saturated carbocycles. The molecule has 0 spiro atoms. The van der Waals surface area contributed by atoms with Gasteiger partial charge < -0.3 is 5.73 Å². The molecule has 1 aliphatic rings. The number of anilines is 1. The lowest BCUT2D eigenvalue weighted by Crippen LogP contribution is -2.39. The minimum absolute atomic E-state index is 0.194. The molecule has 1 aromatic carbocycles. The van der Waals surface area contributed by atoms with Gasteiger partial charge in [0.15, 0.2) is 4.90 Å². The van der Waals surface area contributed by atoms with Crippen molar-refractivity contribution in [2.75, 3.05) is 18.8 Å². The van der Waals surface area contributed by atoms with E-state index in [0.29, 0.717) is 13.1 Å². The Hall–Kier alpha value is -1.67. The van der Waals surface area contributed by atoms with Crippen LogP contribution in [0.25, 0.3) is 0 Å². The molecule has 0 bridgehead atoms. The Kier molecular flexibility index (Phi) is 3.96. The molecule has 1 atom stereocenters. The van der Waals surface area contributed by atoms with E-state index >= 15 is 0 Å². The van der Waals surface area contributed by atoms with Gasteiger partial charge in [0.25, 0.3) is 5.69 Å². The van der Waals surface area contributed by atoms with E-state index in [2.05, 4.69) is 0 Å². The molecule has 20 heavy (non-hydrogen) atoms. The van der Waals surface area contributed by atoms with Gasteiger partial charge in [-0.2, -0.15) is 4.31 Å². The van der Waals surface area contributed by atoms with Crippen LogP contribution in [0.3, 0.4) is 0 Å². The maximum atomic E-state index is 12.6. The quantitative estimate of drug-likeness (QED) is 0.518. The summed E-state index contributed by atoms with van der Waals surface area (Å²) in [6.45, 7) is 2.74. The van der Waals surface area contributed by atoms with E-state index in [4.69, 9.17) is 5.73 Å². The first kappa shape index (κ1) is 14.7. The van der Waals surface area contributed by atoms with Crippen molar-refractivity contribution in [2.45, 2.75) is 24.7 Å². The zero-order chi connectivity index (χ0) is 14.9. The highest BCUT2D eigenvalue weighted by atomic mass is 32.2. The third-order valence-corrected chi connectivity index (χ3v) is 5.31. The van der Waals surface area contributed by atoms with Gasteiger partial charge >= 0.3 is 0 Å². The van der Waals surface area contributed by atoms with Crippen molar-refractivity contribution in [1.29, 1.82) is 0 Å². The Morgan fingerprint density at radius 1 is 1.45 bits per heavy atom. The van der Waals surface area contributed by atoms with Gasteiger partial charge in [0, 0.05) is 24.8 Å². The van der Waals surface area contributed by atoms with Crippen LogP contribution in [-0.4, -0.2) is 30.7 Å². The Bertz CT molecular complexity index is 630. The molecule has 0 aromatic heterocycles. The molecule has 0 aliphatic carbocycles. The molecule has 8 heteroatoms. The summed E-state index contributed by atoms with van der Waals surface area (Å²) in [6.07, 6.45) is 1.72. The van der Waals surface area contributed by atoms with Crippen LogP contribution in [0, 0.1) is 16.0 Å². The first-order valence-corrected chi connectivity index (χ1v) is 7.80. The van der Waals surface area contributed by atoms with Crippen LogP contribution in [0.15, 0.2) is 23.1 Å². The number of hydrogen-bond acceptors (Lipinski definition) is 5. The minimum atomic E-state index is -3.88. The fourth-order valence-electron chi connectivity index (χ4n) is 2.39. The van der Waals surface area contributed by atoms with Crippen molar-refractivity contribution in [3.05, 3.63) is 28.3 Å². The number of piperidine rings is 1. The number of rotatable bonds is 3. The summed E-state index contributed by atoms with van der Waals surface area (Å²) >= 11 is 0. The first-order chi connectivity index (χ1) is 9.32. The predicted octanol–water partition coefficient (Wildman–Crippen LogP) is 1.60. The van der Waals surface area contributed by atoms with Gasteiger partial charge in [0.2, 0.25) is 10.0 Å². The molecule has 1 unspecified atom stereocenters. The van der Waals surface area contributed by atoms with Crippen LogP contribution in [-0.2, 0) is 10.0 Å². The van der Waals surface area contributed by atoms with E-state index in [1.54, 1.807) is 0 Å². The lowest BCUT2D eigenvalue weighted by Gasteiger charge is -2.29. The summed E-state index contributed by atoms with van der Waals surface area (Å²) in [5.41, 5.74) is 5.34. The van der Waals surface area contributed by atoms with Crippen LogP contribution in [0.5, 0.6) is 0 Å². The highest BCUT2D eigenvalue weighted by Gasteiger charge is 2.34. The van der Waals surface area contributed by atoms with E-state index in [9.17, 15) is 18.5 Å². The van der Waals surface area contributed by atoms with E-state index in [-0.39, 0.29) is 16.5 Å². The van der Waals surface area contributed by atoms with E-state index in [1.807, 2.05) is 6.92 Å². The standard InChI is InChI=1S/C12H17N3O4S/c1-9-3-2-6-14(8-9)20(18,19)12-7-10(13)4-5-11(12)15(16)17/h4-5,7,9H,2-3,6,8,13H2,1H3. The molecule has 1 aromatic rings. The number of benzene rings is 1. The third kappa shape index (κ3) is 2.75. The zero-order valence-electron chi connectivity index (χ0n) is 11.2. The highest BCUT2D eigenvalue weighted by molar-refractivity contribution is 7.89. The molecule has 1 fully saturated rings. The second-order valence-corrected chi connectivity index (χ2v) is 7.00. The topological polar surface area (TPSA) is 107 Å². The van der Waals surface area contributed by atoms with Gasteiger partial charge in [-0.1, -0.05) is 6.92 Å². The molecular formula is C12H17N3O4S. The van der Waals surface area contributed by atoms with Crippen LogP contribution in [0.2, 0.25) is 0 Å². The maximum Gasteiger partial charge on any atom is 0.289 e. The summed E-state index contributed by atoms with van der Waals surface area (Å²) in [5, 5.41) is 11.0. The summed E-state index contributed by atoms with van der Waals surface area (Å²) in [7, 11) is -3.88. The number of hydrogen-bond donors (Lipinski definition) is 1. The summed E-state index contributed by atoms with van der Waals surface area (Å²) < 4.78 is 26.5. The van der Waals surface area contributed by atoms with E-state index in [0.717, 1.165) is 25.0 Å². The molecule has 1 aliphatic heterocycles. The van der Waals surface area contributed by atoms with Gasteiger partial charge in [0.1, 0.15) is 0 Å². The Morgan fingerprint density at radius 3 is 2.75 bits per heavy atom. The largest absolute Gasteiger partial charge is 0.399 e. The number of nitro benzene ring substituents is 1. The normalized spacial score (nSPS) is 20.8. The van der Waals surface area contributed by atoms with E-state index in [1.165, 1.54) is 10.4 Å². The summed E-state index contributed by atoms with van der Waals surface area (Å²) in [5.74, 6) is 0.249. The number of nitro groups is 1. The van der Waals surface area contributed by atoms with Crippen molar-refractivity contribution in [3.8, 4) is 0 Å². The third-order valence-electron chi connectivity index (χ3n) is 3.42. The number of sulfonamides is 1. The number of nitrogens with zero attached hydrogens (tertiary/aromatic N) is 2. The molecule has 1 heterocycles. The molecular weight excluding hydrogens is 282 g/mol. The van der Waals surface area contributed by atoms with Crippen molar-refractivity contribution >= 4 is 21.4 Å². The molecule has 1 saturated heterocycles. The monoisotopic (exact) mass is 299 g/mol. The van der Waals surface area contributed by atoms with E-state index < -0.39 is 20.6 Å². The van der Waals surface area contributed by atoms with Crippen molar-refractivity contribution in [3.63, 3.8) is 0 Å². The average Bonchev–Trinajstić information content (AvgIpc) is 2.38. The lowest BCUT2D eigenvalue weighted by molar-refractivity contribution is -0.387. The van der Waals surface area contributed by atoms with Gasteiger partial charge in [-0.15, -0.1) is 0 Å². The van der Waals surface area contributed by atoms with Gasteiger partial charge in [-0.25, -0.2) is 8.42 Å². The number of nitrogen functional groups attached to an aromatic ring is 1. The summed E-state index contributed by atoms with van der Waals surface area (Å²) in [6, 6.07) is 3.62. The summed E-state index contributed by atoms with van der Waals surface area (Å²) in [4.78, 5) is 9.99.